The largest absolute Gasteiger partial charge is 0.382 e. The van der Waals surface area contributed by atoms with Crippen LogP contribution in [0.4, 0.5) is 27.1 Å². The Labute approximate surface area is 120 Å². The monoisotopic (exact) mass is 286 g/mol. The topological polar surface area (TPSA) is 91.0 Å². The number of rotatable bonds is 4. The Hall–Kier alpha value is -3.14. The van der Waals surface area contributed by atoms with Gasteiger partial charge in [0, 0.05) is 12.7 Å². The van der Waals surface area contributed by atoms with Crippen LogP contribution in [0.2, 0.25) is 0 Å². The molecule has 2 aromatic rings. The minimum Gasteiger partial charge on any atom is -0.382 e. The number of hydrogen-bond donors (Lipinski definition) is 2. The summed E-state index contributed by atoms with van der Waals surface area (Å²) in [5.41, 5.74) is 0.745. The summed E-state index contributed by atoms with van der Waals surface area (Å²) in [5, 5.41) is 25.6. The van der Waals surface area contributed by atoms with Crippen molar-refractivity contribution in [2.45, 2.75) is 0 Å². The quantitative estimate of drug-likeness (QED) is 0.664. The van der Waals surface area contributed by atoms with Crippen LogP contribution >= 0.6 is 0 Å². The zero-order valence-corrected chi connectivity index (χ0v) is 11.1. The fraction of sp³-hybridized carbons (Fsp3) is 0.0714. The maximum Gasteiger partial charge on any atom is 0.315 e. The number of nitrogens with zero attached hydrogens (tertiary/aromatic N) is 2. The lowest BCUT2D eigenvalue weighted by atomic mass is 10.2. The van der Waals surface area contributed by atoms with Gasteiger partial charge in [-0.15, -0.1) is 0 Å². The number of benzene rings is 2. The van der Waals surface area contributed by atoms with Gasteiger partial charge >= 0.3 is 5.69 Å². The van der Waals surface area contributed by atoms with Crippen molar-refractivity contribution in [3.8, 4) is 6.07 Å². The predicted molar refractivity (Wildman–Crippen MR) is 77.0 cm³/mol. The van der Waals surface area contributed by atoms with Crippen LogP contribution in [0.25, 0.3) is 0 Å². The first-order chi connectivity index (χ1) is 10.1. The number of para-hydroxylation sites is 1. The van der Waals surface area contributed by atoms with Crippen molar-refractivity contribution in [1.29, 1.82) is 5.26 Å². The van der Waals surface area contributed by atoms with E-state index in [-0.39, 0.29) is 16.9 Å². The van der Waals surface area contributed by atoms with Gasteiger partial charge in [0.2, 0.25) is 0 Å². The highest BCUT2D eigenvalue weighted by Crippen LogP contribution is 2.34. The van der Waals surface area contributed by atoms with E-state index in [1.54, 1.807) is 25.2 Å². The molecule has 2 N–H and O–H groups in total. The molecule has 106 valence electrons. The van der Waals surface area contributed by atoms with E-state index in [4.69, 9.17) is 5.26 Å². The molecule has 0 amide bonds. The normalized spacial score (nSPS) is 9.76. The molecule has 7 heteroatoms. The van der Waals surface area contributed by atoms with Crippen LogP contribution in [0.5, 0.6) is 0 Å². The van der Waals surface area contributed by atoms with E-state index in [9.17, 15) is 14.5 Å². The van der Waals surface area contributed by atoms with E-state index < -0.39 is 10.7 Å². The Morgan fingerprint density at radius 2 is 2.00 bits per heavy atom. The van der Waals surface area contributed by atoms with E-state index in [1.165, 1.54) is 18.2 Å². The van der Waals surface area contributed by atoms with Gasteiger partial charge < -0.3 is 10.6 Å². The number of nitriles is 1. The van der Waals surface area contributed by atoms with Gasteiger partial charge in [-0.2, -0.15) is 5.26 Å². The molecule has 0 spiro atoms. The minimum atomic E-state index is -0.637. The highest BCUT2D eigenvalue weighted by Gasteiger charge is 2.19. The first kappa shape index (κ1) is 14.3. The van der Waals surface area contributed by atoms with Crippen molar-refractivity contribution >= 4 is 22.7 Å². The van der Waals surface area contributed by atoms with E-state index in [2.05, 4.69) is 10.6 Å². The number of anilines is 3. The smallest absolute Gasteiger partial charge is 0.315 e. The average molecular weight is 286 g/mol. The molecule has 21 heavy (non-hydrogen) atoms. The second-order valence-electron chi connectivity index (χ2n) is 4.14. The van der Waals surface area contributed by atoms with Crippen LogP contribution in [-0.4, -0.2) is 12.0 Å². The summed E-state index contributed by atoms with van der Waals surface area (Å²) in [6.07, 6.45) is 0. The lowest BCUT2D eigenvalue weighted by molar-refractivity contribution is -0.383. The summed E-state index contributed by atoms with van der Waals surface area (Å²) in [7, 11) is 1.58. The zero-order valence-electron chi connectivity index (χ0n) is 11.1. The van der Waals surface area contributed by atoms with Crippen LogP contribution < -0.4 is 10.6 Å². The van der Waals surface area contributed by atoms with Crippen LogP contribution in [0.15, 0.2) is 36.4 Å². The van der Waals surface area contributed by atoms with Gasteiger partial charge in [-0.25, -0.2) is 4.39 Å². The Kier molecular flexibility index (Phi) is 4.00. The van der Waals surface area contributed by atoms with E-state index in [0.29, 0.717) is 11.4 Å². The molecule has 0 saturated carbocycles. The van der Waals surface area contributed by atoms with E-state index in [1.807, 2.05) is 0 Å². The third kappa shape index (κ3) is 2.90. The standard InChI is InChI=1S/C14H11FN4O2/c1-17-12-3-2-4-13(14(12)19(20)21)18-10-5-6-11(15)9(7-10)8-16/h2-7,17-18H,1H3. The lowest BCUT2D eigenvalue weighted by Crippen LogP contribution is -2.01. The van der Waals surface area contributed by atoms with Crippen molar-refractivity contribution in [3.63, 3.8) is 0 Å². The number of halogens is 1. The molecule has 0 saturated heterocycles. The molecular weight excluding hydrogens is 275 g/mol. The van der Waals surface area contributed by atoms with Gasteiger partial charge in [0.25, 0.3) is 0 Å². The van der Waals surface area contributed by atoms with Gasteiger partial charge in [0.15, 0.2) is 0 Å². The summed E-state index contributed by atoms with van der Waals surface area (Å²) in [6, 6.07) is 10.3. The first-order valence-electron chi connectivity index (χ1n) is 5.98. The summed E-state index contributed by atoms with van der Waals surface area (Å²) in [6.45, 7) is 0. The second kappa shape index (κ2) is 5.88. The summed E-state index contributed by atoms with van der Waals surface area (Å²) >= 11 is 0. The Morgan fingerprint density at radius 3 is 2.62 bits per heavy atom. The van der Waals surface area contributed by atoms with Crippen molar-refractivity contribution in [1.82, 2.24) is 0 Å². The number of nitro groups is 1. The predicted octanol–water partition coefficient (Wildman–Crippen LogP) is 3.39. The van der Waals surface area contributed by atoms with E-state index >= 15 is 0 Å². The maximum atomic E-state index is 13.3. The number of nitrogens with one attached hydrogen (secondary N) is 2. The van der Waals surface area contributed by atoms with Gasteiger partial charge in [-0.05, 0) is 30.3 Å². The molecule has 0 unspecified atom stereocenters. The Morgan fingerprint density at radius 1 is 1.29 bits per heavy atom. The lowest BCUT2D eigenvalue weighted by Gasteiger charge is -2.10. The number of hydrogen-bond acceptors (Lipinski definition) is 5. The van der Waals surface area contributed by atoms with Gasteiger partial charge in [0.1, 0.15) is 23.3 Å². The highest BCUT2D eigenvalue weighted by molar-refractivity contribution is 5.79. The molecule has 2 rings (SSSR count). The SMILES string of the molecule is CNc1cccc(Nc2ccc(F)c(C#N)c2)c1[N+](=O)[O-]. The third-order valence-electron chi connectivity index (χ3n) is 2.85. The fourth-order valence-corrected chi connectivity index (χ4v) is 1.89. The van der Waals surface area contributed by atoms with Crippen LogP contribution in [-0.2, 0) is 0 Å². The minimum absolute atomic E-state index is 0.122. The third-order valence-corrected chi connectivity index (χ3v) is 2.85. The summed E-state index contributed by atoms with van der Waals surface area (Å²) in [4.78, 5) is 10.7. The Bertz CT molecular complexity index is 740. The molecular formula is C14H11FN4O2. The second-order valence-corrected chi connectivity index (χ2v) is 4.14. The highest BCUT2D eigenvalue weighted by atomic mass is 19.1. The summed E-state index contributed by atoms with van der Waals surface area (Å²) in [5.74, 6) is -0.637. The number of nitro benzene ring substituents is 1. The van der Waals surface area contributed by atoms with Crippen molar-refractivity contribution < 1.29 is 9.31 Å². The first-order valence-corrected chi connectivity index (χ1v) is 5.98. The van der Waals surface area contributed by atoms with Crippen LogP contribution in [0, 0.1) is 27.3 Å². The maximum absolute atomic E-state index is 13.3. The molecule has 0 atom stereocenters. The van der Waals surface area contributed by atoms with Gasteiger partial charge in [-0.1, -0.05) is 6.07 Å². The fourth-order valence-electron chi connectivity index (χ4n) is 1.89. The van der Waals surface area contributed by atoms with Crippen molar-refractivity contribution in [2.24, 2.45) is 0 Å². The molecule has 0 aliphatic rings. The molecule has 0 bridgehead atoms. The molecule has 0 aliphatic carbocycles. The van der Waals surface area contributed by atoms with Crippen molar-refractivity contribution in [2.75, 3.05) is 17.7 Å². The average Bonchev–Trinajstić information content (AvgIpc) is 2.48. The zero-order chi connectivity index (χ0) is 15.4. The van der Waals surface area contributed by atoms with Gasteiger partial charge in [0.05, 0.1) is 10.5 Å². The molecule has 2 aromatic carbocycles. The Balaban J connectivity index is 2.45. The van der Waals surface area contributed by atoms with E-state index in [0.717, 1.165) is 6.07 Å². The molecule has 0 radical (unpaired) electrons. The van der Waals surface area contributed by atoms with Gasteiger partial charge in [-0.3, -0.25) is 10.1 Å². The molecule has 0 fully saturated rings. The molecule has 6 nitrogen and oxygen atoms in total. The molecule has 0 heterocycles. The molecule has 0 aromatic heterocycles. The summed E-state index contributed by atoms with van der Waals surface area (Å²) < 4.78 is 13.3. The van der Waals surface area contributed by atoms with Crippen molar-refractivity contribution in [3.05, 3.63) is 57.9 Å². The van der Waals surface area contributed by atoms with Crippen LogP contribution in [0.3, 0.4) is 0 Å². The van der Waals surface area contributed by atoms with Crippen LogP contribution in [0.1, 0.15) is 5.56 Å². The molecule has 0 aliphatic heterocycles.